The van der Waals surface area contributed by atoms with E-state index in [2.05, 4.69) is 22.8 Å². The van der Waals surface area contributed by atoms with Gasteiger partial charge in [-0.1, -0.05) is 6.07 Å². The molecule has 1 aliphatic rings. The SMILES string of the molecule is CNc1ccc2c(c1)[C@@H](NC)[C@H](O)C2. The molecule has 0 aromatic heterocycles. The quantitative estimate of drug-likeness (QED) is 0.652. The second-order valence-corrected chi connectivity index (χ2v) is 3.70. The maximum atomic E-state index is 9.79. The van der Waals surface area contributed by atoms with Crippen LogP contribution in [0.4, 0.5) is 5.69 Å². The van der Waals surface area contributed by atoms with Crippen LogP contribution in [0.3, 0.4) is 0 Å². The van der Waals surface area contributed by atoms with Crippen LogP contribution in [0.15, 0.2) is 18.2 Å². The summed E-state index contributed by atoms with van der Waals surface area (Å²) >= 11 is 0. The molecule has 0 aliphatic heterocycles. The van der Waals surface area contributed by atoms with Crippen LogP contribution in [0.2, 0.25) is 0 Å². The van der Waals surface area contributed by atoms with E-state index < -0.39 is 0 Å². The van der Waals surface area contributed by atoms with E-state index in [4.69, 9.17) is 0 Å². The van der Waals surface area contributed by atoms with Crippen molar-refractivity contribution in [3.05, 3.63) is 29.3 Å². The summed E-state index contributed by atoms with van der Waals surface area (Å²) in [6.07, 6.45) is 0.465. The van der Waals surface area contributed by atoms with Crippen LogP contribution >= 0.6 is 0 Å². The van der Waals surface area contributed by atoms with Gasteiger partial charge in [0.1, 0.15) is 0 Å². The second-order valence-electron chi connectivity index (χ2n) is 3.70. The minimum atomic E-state index is -0.290. The Morgan fingerprint density at radius 2 is 2.14 bits per heavy atom. The summed E-state index contributed by atoms with van der Waals surface area (Å²) in [5.74, 6) is 0. The Morgan fingerprint density at radius 3 is 2.79 bits per heavy atom. The van der Waals surface area contributed by atoms with Gasteiger partial charge in [-0.25, -0.2) is 0 Å². The molecule has 2 atom stereocenters. The van der Waals surface area contributed by atoms with Gasteiger partial charge in [0, 0.05) is 19.2 Å². The first-order valence-electron chi connectivity index (χ1n) is 4.92. The minimum absolute atomic E-state index is 0.0818. The zero-order valence-electron chi connectivity index (χ0n) is 8.54. The second kappa shape index (κ2) is 3.59. The number of aliphatic hydroxyl groups is 1. The van der Waals surface area contributed by atoms with Crippen LogP contribution in [0.5, 0.6) is 0 Å². The molecule has 0 unspecified atom stereocenters. The summed E-state index contributed by atoms with van der Waals surface area (Å²) in [5, 5.41) is 16.0. The summed E-state index contributed by atoms with van der Waals surface area (Å²) in [5.41, 5.74) is 3.56. The number of aliphatic hydroxyl groups excluding tert-OH is 1. The van der Waals surface area contributed by atoms with E-state index in [1.165, 1.54) is 11.1 Å². The van der Waals surface area contributed by atoms with E-state index in [0.717, 1.165) is 12.1 Å². The monoisotopic (exact) mass is 192 g/mol. The molecule has 3 heteroatoms. The predicted molar refractivity (Wildman–Crippen MR) is 57.5 cm³/mol. The molecule has 0 saturated heterocycles. The summed E-state index contributed by atoms with van der Waals surface area (Å²) in [4.78, 5) is 0. The van der Waals surface area contributed by atoms with Gasteiger partial charge >= 0.3 is 0 Å². The lowest BCUT2D eigenvalue weighted by atomic mass is 10.1. The smallest absolute Gasteiger partial charge is 0.0775 e. The zero-order valence-corrected chi connectivity index (χ0v) is 8.54. The minimum Gasteiger partial charge on any atom is -0.391 e. The Morgan fingerprint density at radius 1 is 1.36 bits per heavy atom. The summed E-state index contributed by atoms with van der Waals surface area (Å²) in [6, 6.07) is 6.32. The molecule has 76 valence electrons. The molecule has 0 bridgehead atoms. The van der Waals surface area contributed by atoms with Crippen molar-refractivity contribution in [1.29, 1.82) is 0 Å². The van der Waals surface area contributed by atoms with Gasteiger partial charge in [0.2, 0.25) is 0 Å². The fourth-order valence-electron chi connectivity index (χ4n) is 2.12. The highest BCUT2D eigenvalue weighted by Crippen LogP contribution is 2.32. The molecular weight excluding hydrogens is 176 g/mol. The number of likely N-dealkylation sites (N-methyl/N-ethyl adjacent to an activating group) is 1. The molecule has 0 heterocycles. The van der Waals surface area contributed by atoms with Gasteiger partial charge in [-0.3, -0.25) is 0 Å². The van der Waals surface area contributed by atoms with Gasteiger partial charge in [0.15, 0.2) is 0 Å². The Hall–Kier alpha value is -1.06. The third kappa shape index (κ3) is 1.38. The van der Waals surface area contributed by atoms with E-state index in [0.29, 0.717) is 0 Å². The van der Waals surface area contributed by atoms with Gasteiger partial charge in [0.25, 0.3) is 0 Å². The van der Waals surface area contributed by atoms with Crippen molar-refractivity contribution in [2.75, 3.05) is 19.4 Å². The van der Waals surface area contributed by atoms with Crippen molar-refractivity contribution in [2.24, 2.45) is 0 Å². The van der Waals surface area contributed by atoms with Crippen molar-refractivity contribution in [3.63, 3.8) is 0 Å². The molecule has 0 saturated carbocycles. The van der Waals surface area contributed by atoms with Crippen molar-refractivity contribution in [2.45, 2.75) is 18.6 Å². The Labute approximate surface area is 84.1 Å². The van der Waals surface area contributed by atoms with E-state index in [1.54, 1.807) is 0 Å². The normalized spacial score (nSPS) is 24.8. The molecule has 0 radical (unpaired) electrons. The van der Waals surface area contributed by atoms with Crippen LogP contribution < -0.4 is 10.6 Å². The Bertz CT molecular complexity index is 338. The number of hydrogen-bond acceptors (Lipinski definition) is 3. The molecule has 0 spiro atoms. The van der Waals surface area contributed by atoms with E-state index >= 15 is 0 Å². The van der Waals surface area contributed by atoms with Gasteiger partial charge in [0.05, 0.1) is 12.1 Å². The lowest BCUT2D eigenvalue weighted by Crippen LogP contribution is -2.25. The van der Waals surface area contributed by atoms with Crippen LogP contribution in [0.25, 0.3) is 0 Å². The Balaban J connectivity index is 2.39. The first-order chi connectivity index (χ1) is 6.76. The van der Waals surface area contributed by atoms with Crippen molar-refractivity contribution in [3.8, 4) is 0 Å². The number of anilines is 1. The topological polar surface area (TPSA) is 44.3 Å². The molecule has 3 nitrogen and oxygen atoms in total. The highest BCUT2D eigenvalue weighted by molar-refractivity contribution is 5.51. The first-order valence-corrected chi connectivity index (χ1v) is 4.92. The van der Waals surface area contributed by atoms with Gasteiger partial charge in [-0.2, -0.15) is 0 Å². The maximum Gasteiger partial charge on any atom is 0.0775 e. The molecule has 1 aromatic carbocycles. The molecule has 0 amide bonds. The third-order valence-corrected chi connectivity index (χ3v) is 2.89. The summed E-state index contributed by atoms with van der Waals surface area (Å²) in [6.45, 7) is 0. The van der Waals surface area contributed by atoms with Crippen molar-refractivity contribution < 1.29 is 5.11 Å². The average Bonchev–Trinajstić information content (AvgIpc) is 2.52. The fourth-order valence-corrected chi connectivity index (χ4v) is 2.12. The molecule has 1 aliphatic carbocycles. The molecule has 1 aromatic rings. The van der Waals surface area contributed by atoms with Crippen LogP contribution in [-0.2, 0) is 6.42 Å². The summed E-state index contributed by atoms with van der Waals surface area (Å²) in [7, 11) is 3.79. The number of hydrogen-bond donors (Lipinski definition) is 3. The van der Waals surface area contributed by atoms with Gasteiger partial charge < -0.3 is 15.7 Å². The zero-order chi connectivity index (χ0) is 10.1. The van der Waals surface area contributed by atoms with Gasteiger partial charge in [-0.05, 0) is 30.3 Å². The van der Waals surface area contributed by atoms with Crippen LogP contribution in [0, 0.1) is 0 Å². The number of fused-ring (bicyclic) bond motifs is 1. The number of rotatable bonds is 2. The van der Waals surface area contributed by atoms with Crippen LogP contribution in [-0.4, -0.2) is 25.3 Å². The van der Waals surface area contributed by atoms with Crippen molar-refractivity contribution >= 4 is 5.69 Å². The van der Waals surface area contributed by atoms with Crippen LogP contribution in [0.1, 0.15) is 17.2 Å². The fraction of sp³-hybridized carbons (Fsp3) is 0.455. The maximum absolute atomic E-state index is 9.79. The Kier molecular flexibility index (Phi) is 2.44. The average molecular weight is 192 g/mol. The largest absolute Gasteiger partial charge is 0.391 e. The van der Waals surface area contributed by atoms with Gasteiger partial charge in [-0.15, -0.1) is 0 Å². The molecular formula is C11H16N2O. The predicted octanol–water partition coefficient (Wildman–Crippen LogP) is 0.906. The number of benzene rings is 1. The molecule has 0 fully saturated rings. The van der Waals surface area contributed by atoms with Crippen molar-refractivity contribution in [1.82, 2.24) is 5.32 Å². The standard InChI is InChI=1S/C11H16N2O/c1-12-8-4-3-7-5-10(14)11(13-2)9(7)6-8/h3-4,6,10-14H,5H2,1-2H3/t10-,11-/m1/s1. The highest BCUT2D eigenvalue weighted by Gasteiger charge is 2.29. The number of nitrogens with one attached hydrogen (secondary N) is 2. The van der Waals surface area contributed by atoms with E-state index in [9.17, 15) is 5.11 Å². The lowest BCUT2D eigenvalue weighted by molar-refractivity contribution is 0.145. The lowest BCUT2D eigenvalue weighted by Gasteiger charge is -2.14. The third-order valence-electron chi connectivity index (χ3n) is 2.89. The summed E-state index contributed by atoms with van der Waals surface area (Å²) < 4.78 is 0. The molecule has 14 heavy (non-hydrogen) atoms. The van der Waals surface area contributed by atoms with E-state index in [1.807, 2.05) is 20.2 Å². The molecule has 2 rings (SSSR count). The first kappa shape index (κ1) is 9.49. The van der Waals surface area contributed by atoms with E-state index in [-0.39, 0.29) is 12.1 Å². The molecule has 3 N–H and O–H groups in total. The highest BCUT2D eigenvalue weighted by atomic mass is 16.3.